The van der Waals surface area contributed by atoms with Gasteiger partial charge in [0.15, 0.2) is 0 Å². The van der Waals surface area contributed by atoms with E-state index in [0.29, 0.717) is 29.1 Å². The van der Waals surface area contributed by atoms with Gasteiger partial charge in [-0.05, 0) is 54.4 Å². The lowest BCUT2D eigenvalue weighted by molar-refractivity contribution is -0.128. The average Bonchev–Trinajstić information content (AvgIpc) is 3.59. The fourth-order valence-electron chi connectivity index (χ4n) is 4.35. The molecule has 1 aromatic heterocycles. The molecule has 1 saturated heterocycles. The molecule has 0 unspecified atom stereocenters. The van der Waals surface area contributed by atoms with E-state index >= 15 is 0 Å². The van der Waals surface area contributed by atoms with Crippen molar-refractivity contribution >= 4 is 35.2 Å². The number of amides is 3. The number of furan rings is 1. The van der Waals surface area contributed by atoms with Gasteiger partial charge in [-0.3, -0.25) is 14.4 Å². The molecule has 38 heavy (non-hydrogen) atoms. The van der Waals surface area contributed by atoms with Crippen LogP contribution in [0.3, 0.4) is 0 Å². The highest BCUT2D eigenvalue weighted by Gasteiger charge is 2.33. The molecule has 2 N–H and O–H groups in total. The van der Waals surface area contributed by atoms with Crippen LogP contribution in [-0.2, 0) is 11.3 Å². The normalized spacial score (nSPS) is 15.8. The molecule has 3 aromatic carbocycles. The number of nitrogens with one attached hydrogen (secondary N) is 2. The quantitative estimate of drug-likeness (QED) is 0.304. The molecule has 1 aliphatic heterocycles. The highest BCUT2D eigenvalue weighted by molar-refractivity contribution is 8.00. The summed E-state index contributed by atoms with van der Waals surface area (Å²) in [6, 6.07) is 27.3. The summed E-state index contributed by atoms with van der Waals surface area (Å²) in [5, 5.41) is 5.72. The Morgan fingerprint density at radius 3 is 2.42 bits per heavy atom. The maximum Gasteiger partial charge on any atom is 0.255 e. The summed E-state index contributed by atoms with van der Waals surface area (Å²) in [5.74, 6) is 0.579. The van der Waals surface area contributed by atoms with Gasteiger partial charge in [-0.25, -0.2) is 0 Å². The first kappa shape index (κ1) is 25.4. The molecule has 2 atom stereocenters. The number of hydrogen-bond donors (Lipinski definition) is 2. The summed E-state index contributed by atoms with van der Waals surface area (Å²) in [4.78, 5) is 40.3. The van der Waals surface area contributed by atoms with Gasteiger partial charge < -0.3 is 20.0 Å². The molecule has 192 valence electrons. The van der Waals surface area contributed by atoms with Crippen molar-refractivity contribution in [2.45, 2.75) is 24.9 Å². The molecule has 8 heteroatoms. The second-order valence-corrected chi connectivity index (χ2v) is 10.1. The lowest BCUT2D eigenvalue weighted by Gasteiger charge is -2.23. The van der Waals surface area contributed by atoms with Crippen molar-refractivity contribution < 1.29 is 18.8 Å². The number of para-hydroxylation sites is 1. The summed E-state index contributed by atoms with van der Waals surface area (Å²) in [6.07, 6.45) is 1.59. The van der Waals surface area contributed by atoms with E-state index in [4.69, 9.17) is 4.42 Å². The third-order valence-corrected chi connectivity index (χ3v) is 7.66. The van der Waals surface area contributed by atoms with Crippen LogP contribution in [0.4, 0.5) is 5.69 Å². The minimum Gasteiger partial charge on any atom is -0.467 e. The van der Waals surface area contributed by atoms with E-state index in [1.165, 1.54) is 0 Å². The van der Waals surface area contributed by atoms with E-state index in [2.05, 4.69) is 10.6 Å². The lowest BCUT2D eigenvalue weighted by Crippen LogP contribution is -2.28. The minimum atomic E-state index is -0.324. The standard InChI is InChI=1S/C30H27N3O4S/c1-20(21-8-3-2-4-9-21)31-29(36)25-11-5-6-12-26(25)32-28(35)22-13-15-23(16-14-22)30-33(27(34)19-38-30)18-24-10-7-17-37-24/h2-17,20,30H,18-19H2,1H3,(H,31,36)(H,32,35)/t20-,30+/m0/s1. The molecule has 0 saturated carbocycles. The van der Waals surface area contributed by atoms with Crippen molar-refractivity contribution in [3.8, 4) is 0 Å². The number of thioether (sulfide) groups is 1. The zero-order chi connectivity index (χ0) is 26.5. The highest BCUT2D eigenvalue weighted by Crippen LogP contribution is 2.39. The molecule has 0 spiro atoms. The number of carbonyl (C=O) groups is 3. The molecule has 1 fully saturated rings. The molecule has 0 radical (unpaired) electrons. The average molecular weight is 526 g/mol. The molecule has 2 heterocycles. The first-order chi connectivity index (χ1) is 18.5. The van der Waals surface area contributed by atoms with Crippen LogP contribution >= 0.6 is 11.8 Å². The minimum absolute atomic E-state index is 0.0506. The van der Waals surface area contributed by atoms with Gasteiger partial charge >= 0.3 is 0 Å². The molecule has 3 amide bonds. The molecular weight excluding hydrogens is 498 g/mol. The van der Waals surface area contributed by atoms with Crippen LogP contribution in [0.2, 0.25) is 0 Å². The summed E-state index contributed by atoms with van der Waals surface area (Å²) < 4.78 is 5.42. The zero-order valence-electron chi connectivity index (χ0n) is 20.8. The molecular formula is C30H27N3O4S. The summed E-state index contributed by atoms with van der Waals surface area (Å²) >= 11 is 1.55. The molecule has 0 aliphatic carbocycles. The van der Waals surface area contributed by atoms with Crippen LogP contribution in [0.15, 0.2) is 102 Å². The Bertz CT molecular complexity index is 1420. The van der Waals surface area contributed by atoms with Crippen LogP contribution in [0.25, 0.3) is 0 Å². The van der Waals surface area contributed by atoms with E-state index in [9.17, 15) is 14.4 Å². The number of hydrogen-bond acceptors (Lipinski definition) is 5. The Kier molecular flexibility index (Phi) is 7.60. The maximum absolute atomic E-state index is 13.1. The van der Waals surface area contributed by atoms with Gasteiger partial charge in [0.1, 0.15) is 11.1 Å². The fourth-order valence-corrected chi connectivity index (χ4v) is 5.54. The smallest absolute Gasteiger partial charge is 0.255 e. The van der Waals surface area contributed by atoms with Crippen LogP contribution in [0.5, 0.6) is 0 Å². The molecule has 5 rings (SSSR count). The predicted molar refractivity (Wildman–Crippen MR) is 148 cm³/mol. The van der Waals surface area contributed by atoms with Crippen molar-refractivity contribution in [3.05, 3.63) is 125 Å². The second kappa shape index (κ2) is 11.4. The van der Waals surface area contributed by atoms with Crippen molar-refractivity contribution in [2.24, 2.45) is 0 Å². The molecule has 0 bridgehead atoms. The van der Waals surface area contributed by atoms with Gasteiger partial charge in [-0.15, -0.1) is 11.8 Å². The first-order valence-corrected chi connectivity index (χ1v) is 13.3. The summed E-state index contributed by atoms with van der Waals surface area (Å²) in [7, 11) is 0. The fraction of sp³-hybridized carbons (Fsp3) is 0.167. The van der Waals surface area contributed by atoms with Gasteiger partial charge in [0.2, 0.25) is 5.91 Å². The number of nitrogens with zero attached hydrogens (tertiary/aromatic N) is 1. The van der Waals surface area contributed by atoms with Gasteiger partial charge in [-0.2, -0.15) is 0 Å². The maximum atomic E-state index is 13.1. The Morgan fingerprint density at radius 2 is 1.68 bits per heavy atom. The van der Waals surface area contributed by atoms with Crippen molar-refractivity contribution in [2.75, 3.05) is 11.1 Å². The number of anilines is 1. The van der Waals surface area contributed by atoms with Crippen LogP contribution < -0.4 is 10.6 Å². The Hall–Kier alpha value is -4.30. The molecule has 4 aromatic rings. The van der Waals surface area contributed by atoms with Crippen molar-refractivity contribution in [1.29, 1.82) is 0 Å². The topological polar surface area (TPSA) is 91.7 Å². The lowest BCUT2D eigenvalue weighted by atomic mass is 10.1. The first-order valence-electron chi connectivity index (χ1n) is 12.3. The monoisotopic (exact) mass is 525 g/mol. The van der Waals surface area contributed by atoms with Gasteiger partial charge in [0.25, 0.3) is 11.8 Å². The summed E-state index contributed by atoms with van der Waals surface area (Å²) in [6.45, 7) is 2.31. The second-order valence-electron chi connectivity index (χ2n) is 8.99. The third-order valence-electron chi connectivity index (χ3n) is 6.40. The van der Waals surface area contributed by atoms with Gasteiger partial charge in [0.05, 0.1) is 35.9 Å². The van der Waals surface area contributed by atoms with Crippen molar-refractivity contribution in [1.82, 2.24) is 10.2 Å². The van der Waals surface area contributed by atoms with Crippen molar-refractivity contribution in [3.63, 3.8) is 0 Å². The van der Waals surface area contributed by atoms with Gasteiger partial charge in [-0.1, -0.05) is 54.6 Å². The number of benzene rings is 3. The van der Waals surface area contributed by atoms with E-state index < -0.39 is 0 Å². The molecule has 1 aliphatic rings. The molecule has 7 nitrogen and oxygen atoms in total. The van der Waals surface area contributed by atoms with E-state index in [1.54, 1.807) is 65.4 Å². The van der Waals surface area contributed by atoms with Crippen LogP contribution in [0, 0.1) is 0 Å². The third kappa shape index (κ3) is 5.65. The Balaban J connectivity index is 1.26. The summed E-state index contributed by atoms with van der Waals surface area (Å²) in [5.41, 5.74) is 3.19. The van der Waals surface area contributed by atoms with Crippen LogP contribution in [-0.4, -0.2) is 28.4 Å². The van der Waals surface area contributed by atoms with E-state index in [1.807, 2.05) is 55.5 Å². The predicted octanol–water partition coefficient (Wildman–Crippen LogP) is 5.80. The largest absolute Gasteiger partial charge is 0.467 e. The number of rotatable bonds is 8. The van der Waals surface area contributed by atoms with Gasteiger partial charge in [0, 0.05) is 5.56 Å². The van der Waals surface area contributed by atoms with E-state index in [-0.39, 0.29) is 29.1 Å². The SMILES string of the molecule is C[C@H](NC(=O)c1ccccc1NC(=O)c1ccc([C@H]2SCC(=O)N2Cc2ccco2)cc1)c1ccccc1. The Labute approximate surface area is 225 Å². The highest BCUT2D eigenvalue weighted by atomic mass is 32.2. The van der Waals surface area contributed by atoms with Crippen LogP contribution in [0.1, 0.15) is 55.9 Å². The number of carbonyl (C=O) groups excluding carboxylic acids is 3. The Morgan fingerprint density at radius 1 is 0.947 bits per heavy atom. The zero-order valence-corrected chi connectivity index (χ0v) is 21.6. The van der Waals surface area contributed by atoms with E-state index in [0.717, 1.165) is 16.9 Å².